The molecular weight excluding hydrogens is 424 g/mol. The highest BCUT2D eigenvalue weighted by molar-refractivity contribution is 7.99. The lowest BCUT2D eigenvalue weighted by Crippen LogP contribution is -2.28. The van der Waals surface area contributed by atoms with E-state index < -0.39 is 6.61 Å². The van der Waals surface area contributed by atoms with Crippen LogP contribution in [0.1, 0.15) is 5.56 Å². The Hall–Kier alpha value is -3.20. The Kier molecular flexibility index (Phi) is 7.41. The molecule has 0 bridgehead atoms. The second kappa shape index (κ2) is 10.2. The molecule has 31 heavy (non-hydrogen) atoms. The van der Waals surface area contributed by atoms with Gasteiger partial charge in [-0.3, -0.25) is 14.2 Å². The zero-order valence-corrected chi connectivity index (χ0v) is 17.6. The molecule has 6 nitrogen and oxygen atoms in total. The van der Waals surface area contributed by atoms with E-state index in [1.807, 2.05) is 0 Å². The third-order valence-corrected chi connectivity index (χ3v) is 5.42. The molecule has 3 aromatic rings. The summed E-state index contributed by atoms with van der Waals surface area (Å²) in [4.78, 5) is 31.4. The molecule has 1 heterocycles. The number of rotatable bonds is 9. The van der Waals surface area contributed by atoms with Crippen molar-refractivity contribution in [3.8, 4) is 5.75 Å². The predicted octanol–water partition coefficient (Wildman–Crippen LogP) is 3.93. The summed E-state index contributed by atoms with van der Waals surface area (Å²) in [6.45, 7) is 1.40. The molecule has 0 saturated heterocycles. The quantitative estimate of drug-likeness (QED) is 0.284. The number of aromatic nitrogens is 2. The van der Waals surface area contributed by atoms with Crippen molar-refractivity contribution in [2.45, 2.75) is 24.9 Å². The van der Waals surface area contributed by atoms with Crippen LogP contribution in [-0.2, 0) is 17.9 Å². The first-order valence-electron chi connectivity index (χ1n) is 9.40. The molecule has 0 unspecified atom stereocenters. The number of carbonyl (C=O) groups excluding carboxylic acids is 1. The molecule has 1 aromatic heterocycles. The van der Waals surface area contributed by atoms with Crippen molar-refractivity contribution >= 4 is 28.6 Å². The number of alkyl halides is 2. The maximum absolute atomic E-state index is 12.8. The number of halogens is 2. The molecule has 2 aromatic carbocycles. The molecule has 0 radical (unpaired) electrons. The van der Waals surface area contributed by atoms with Crippen LogP contribution in [0.5, 0.6) is 5.75 Å². The average Bonchev–Trinajstić information content (AvgIpc) is 2.75. The number of benzene rings is 2. The molecule has 3 rings (SSSR count). The highest BCUT2D eigenvalue weighted by Gasteiger charge is 2.15. The van der Waals surface area contributed by atoms with Crippen molar-refractivity contribution in [2.75, 3.05) is 12.8 Å². The number of allylic oxidation sites excluding steroid dienone is 1. The third-order valence-electron chi connectivity index (χ3n) is 4.46. The summed E-state index contributed by atoms with van der Waals surface area (Å²) < 4.78 is 30.3. The maximum Gasteiger partial charge on any atom is 0.387 e. The van der Waals surface area contributed by atoms with Gasteiger partial charge in [0.2, 0.25) is 5.91 Å². The van der Waals surface area contributed by atoms with E-state index in [9.17, 15) is 18.4 Å². The summed E-state index contributed by atoms with van der Waals surface area (Å²) in [5, 5.41) is 0.954. The molecule has 0 atom stereocenters. The van der Waals surface area contributed by atoms with Gasteiger partial charge in [0.05, 0.1) is 16.7 Å². The fraction of sp³-hybridized carbons (Fsp3) is 0.227. The van der Waals surface area contributed by atoms with Crippen LogP contribution >= 0.6 is 11.8 Å². The Morgan fingerprint density at radius 3 is 2.65 bits per heavy atom. The number of ether oxygens (including phenoxy) is 1. The lowest BCUT2D eigenvalue weighted by Gasteiger charge is -2.18. The molecule has 9 heteroatoms. The first-order chi connectivity index (χ1) is 14.9. The summed E-state index contributed by atoms with van der Waals surface area (Å²) in [5.74, 6) is -0.0123. The molecule has 0 N–H and O–H groups in total. The van der Waals surface area contributed by atoms with Gasteiger partial charge in [-0.15, -0.1) is 6.58 Å². The summed E-state index contributed by atoms with van der Waals surface area (Å²) >= 11 is 1.18. The maximum atomic E-state index is 12.8. The SMILES string of the molecule is C=CCn1c(SCC(=O)N(C)Cc2ccc(OC(F)F)cc2)nc2ccccc2c1=O. The molecule has 162 valence electrons. The van der Waals surface area contributed by atoms with Crippen LogP contribution < -0.4 is 10.3 Å². The van der Waals surface area contributed by atoms with E-state index in [1.165, 1.54) is 33.4 Å². The van der Waals surface area contributed by atoms with Gasteiger partial charge in [-0.2, -0.15) is 8.78 Å². The minimum atomic E-state index is -2.88. The van der Waals surface area contributed by atoms with Gasteiger partial charge in [0.15, 0.2) is 5.16 Å². The number of amides is 1. The van der Waals surface area contributed by atoms with Crippen LogP contribution in [0.4, 0.5) is 8.78 Å². The monoisotopic (exact) mass is 445 g/mol. The summed E-state index contributed by atoms with van der Waals surface area (Å²) in [5.41, 5.74) is 1.16. The highest BCUT2D eigenvalue weighted by Crippen LogP contribution is 2.19. The van der Waals surface area contributed by atoms with Gasteiger partial charge in [-0.25, -0.2) is 4.98 Å². The summed E-state index contributed by atoms with van der Waals surface area (Å²) in [6, 6.07) is 13.2. The number of hydrogen-bond donors (Lipinski definition) is 0. The van der Waals surface area contributed by atoms with E-state index in [2.05, 4.69) is 16.3 Å². The fourth-order valence-corrected chi connectivity index (χ4v) is 3.87. The normalized spacial score (nSPS) is 11.0. The zero-order chi connectivity index (χ0) is 22.4. The van der Waals surface area contributed by atoms with Crippen LogP contribution in [0, 0.1) is 0 Å². The number of hydrogen-bond acceptors (Lipinski definition) is 5. The van der Waals surface area contributed by atoms with E-state index in [4.69, 9.17) is 0 Å². The second-order valence-corrected chi connectivity index (χ2v) is 7.62. The van der Waals surface area contributed by atoms with Gasteiger partial charge < -0.3 is 9.64 Å². The Morgan fingerprint density at radius 1 is 1.26 bits per heavy atom. The smallest absolute Gasteiger partial charge is 0.387 e. The second-order valence-electron chi connectivity index (χ2n) is 6.68. The molecule has 0 aliphatic carbocycles. The topological polar surface area (TPSA) is 64.4 Å². The largest absolute Gasteiger partial charge is 0.435 e. The Labute approximate surface area is 182 Å². The number of thioether (sulfide) groups is 1. The first-order valence-corrected chi connectivity index (χ1v) is 10.4. The van der Waals surface area contributed by atoms with Gasteiger partial charge in [-0.05, 0) is 29.8 Å². The van der Waals surface area contributed by atoms with E-state index in [0.29, 0.717) is 22.6 Å². The van der Waals surface area contributed by atoms with E-state index >= 15 is 0 Å². The Bertz CT molecular complexity index is 1130. The number of para-hydroxylation sites is 1. The number of carbonyl (C=O) groups is 1. The van der Waals surface area contributed by atoms with Crippen molar-refractivity contribution in [3.05, 3.63) is 77.1 Å². The van der Waals surface area contributed by atoms with Gasteiger partial charge in [0.25, 0.3) is 5.56 Å². The van der Waals surface area contributed by atoms with Crippen LogP contribution in [0.15, 0.2) is 71.1 Å². The summed E-state index contributed by atoms with van der Waals surface area (Å²) in [7, 11) is 1.65. The van der Waals surface area contributed by atoms with E-state index in [-0.39, 0.29) is 29.5 Å². The third kappa shape index (κ3) is 5.69. The van der Waals surface area contributed by atoms with Gasteiger partial charge in [0.1, 0.15) is 5.75 Å². The lowest BCUT2D eigenvalue weighted by atomic mass is 10.2. The van der Waals surface area contributed by atoms with Crippen LogP contribution in [0.25, 0.3) is 10.9 Å². The zero-order valence-electron chi connectivity index (χ0n) is 16.8. The van der Waals surface area contributed by atoms with Gasteiger partial charge in [0, 0.05) is 20.1 Å². The molecule has 0 aliphatic heterocycles. The van der Waals surface area contributed by atoms with Crippen molar-refractivity contribution in [2.24, 2.45) is 0 Å². The summed E-state index contributed by atoms with van der Waals surface area (Å²) in [6.07, 6.45) is 1.61. The van der Waals surface area contributed by atoms with E-state index in [0.717, 1.165) is 5.56 Å². The minimum absolute atomic E-state index is 0.0610. The Morgan fingerprint density at radius 2 is 1.97 bits per heavy atom. The van der Waals surface area contributed by atoms with Crippen LogP contribution in [-0.4, -0.2) is 39.8 Å². The van der Waals surface area contributed by atoms with Gasteiger partial charge in [-0.1, -0.05) is 42.1 Å². The lowest BCUT2D eigenvalue weighted by molar-refractivity contribution is -0.127. The molecule has 0 saturated carbocycles. The van der Waals surface area contributed by atoms with Crippen molar-refractivity contribution in [1.82, 2.24) is 14.5 Å². The van der Waals surface area contributed by atoms with Gasteiger partial charge >= 0.3 is 6.61 Å². The van der Waals surface area contributed by atoms with Crippen molar-refractivity contribution in [1.29, 1.82) is 0 Å². The van der Waals surface area contributed by atoms with Crippen LogP contribution in [0.2, 0.25) is 0 Å². The first kappa shape index (κ1) is 22.5. The number of nitrogens with zero attached hydrogens (tertiary/aromatic N) is 3. The Balaban J connectivity index is 1.68. The molecule has 0 aliphatic rings. The molecule has 1 amide bonds. The standard InChI is InChI=1S/C22H21F2N3O3S/c1-3-12-27-20(29)17-6-4-5-7-18(17)25-22(27)31-14-19(28)26(2)13-15-8-10-16(11-9-15)30-21(23)24/h3-11,21H,1,12-14H2,2H3. The van der Waals surface area contributed by atoms with E-state index in [1.54, 1.807) is 49.5 Å². The average molecular weight is 445 g/mol. The molecule has 0 spiro atoms. The predicted molar refractivity (Wildman–Crippen MR) is 116 cm³/mol. The fourth-order valence-electron chi connectivity index (χ4n) is 2.92. The number of fused-ring (bicyclic) bond motifs is 1. The van der Waals surface area contributed by atoms with Crippen LogP contribution in [0.3, 0.4) is 0 Å². The molecular formula is C22H21F2N3O3S. The van der Waals surface area contributed by atoms with Crippen molar-refractivity contribution in [3.63, 3.8) is 0 Å². The molecule has 0 fully saturated rings. The minimum Gasteiger partial charge on any atom is -0.435 e. The highest BCUT2D eigenvalue weighted by atomic mass is 32.2. The van der Waals surface area contributed by atoms with Crippen molar-refractivity contribution < 1.29 is 18.3 Å².